The second-order valence-corrected chi connectivity index (χ2v) is 6.41. The van der Waals surface area contributed by atoms with E-state index >= 15 is 0 Å². The fourth-order valence-electron chi connectivity index (χ4n) is 2.98. The summed E-state index contributed by atoms with van der Waals surface area (Å²) < 4.78 is 15.9. The summed E-state index contributed by atoms with van der Waals surface area (Å²) in [6.07, 6.45) is 0. The Hall–Kier alpha value is -2.93. The van der Waals surface area contributed by atoms with Gasteiger partial charge in [0.25, 0.3) is 5.91 Å². The Morgan fingerprint density at radius 1 is 1.12 bits per heavy atom. The third kappa shape index (κ3) is 2.90. The van der Waals surface area contributed by atoms with Crippen molar-refractivity contribution in [3.8, 4) is 5.69 Å². The maximum absolute atomic E-state index is 13.1. The molecule has 6 nitrogen and oxygen atoms in total. The first-order valence-electron chi connectivity index (χ1n) is 8.02. The van der Waals surface area contributed by atoms with E-state index in [-0.39, 0.29) is 24.0 Å². The van der Waals surface area contributed by atoms with Gasteiger partial charge in [0.05, 0.1) is 12.2 Å². The molecule has 1 aliphatic rings. The van der Waals surface area contributed by atoms with Gasteiger partial charge in [-0.15, -0.1) is 5.10 Å². The highest BCUT2D eigenvalue weighted by atomic mass is 35.5. The van der Waals surface area contributed by atoms with E-state index < -0.39 is 0 Å². The van der Waals surface area contributed by atoms with E-state index in [1.165, 1.54) is 33.5 Å². The van der Waals surface area contributed by atoms with Gasteiger partial charge >= 0.3 is 5.69 Å². The van der Waals surface area contributed by atoms with Crippen LogP contribution in [0.15, 0.2) is 53.3 Å². The first-order valence-corrected chi connectivity index (χ1v) is 8.40. The summed E-state index contributed by atoms with van der Waals surface area (Å²) in [5.74, 6) is -0.0625. The molecule has 1 aliphatic heterocycles. The summed E-state index contributed by atoms with van der Waals surface area (Å²) in [5, 5.41) is 4.81. The molecule has 1 aromatic heterocycles. The van der Waals surface area contributed by atoms with Crippen LogP contribution in [0.3, 0.4) is 0 Å². The number of hydrogen-bond donors (Lipinski definition) is 0. The minimum Gasteiger partial charge on any atom is -0.329 e. The molecule has 0 fully saturated rings. The summed E-state index contributed by atoms with van der Waals surface area (Å²) in [6, 6.07) is 12.3. The Morgan fingerprint density at radius 3 is 2.62 bits per heavy atom. The molecule has 1 amide bonds. The molecule has 26 heavy (non-hydrogen) atoms. The lowest BCUT2D eigenvalue weighted by Crippen LogP contribution is -2.40. The van der Waals surface area contributed by atoms with Crippen LogP contribution >= 0.6 is 11.6 Å². The van der Waals surface area contributed by atoms with E-state index in [9.17, 15) is 14.0 Å². The van der Waals surface area contributed by atoms with Crippen LogP contribution in [-0.2, 0) is 13.1 Å². The number of rotatable bonds is 2. The summed E-state index contributed by atoms with van der Waals surface area (Å²) in [4.78, 5) is 26.8. The van der Waals surface area contributed by atoms with Crippen LogP contribution in [-0.4, -0.2) is 31.7 Å². The summed E-state index contributed by atoms with van der Waals surface area (Å²) in [5.41, 5.74) is 0.666. The number of benzene rings is 2. The molecule has 0 unspecified atom stereocenters. The minimum absolute atomic E-state index is 0.164. The molecule has 2 heterocycles. The maximum atomic E-state index is 13.1. The number of carbonyl (C=O) groups excluding carboxylic acids is 1. The molecule has 0 saturated heterocycles. The molecule has 132 valence electrons. The van der Waals surface area contributed by atoms with Crippen molar-refractivity contribution in [2.75, 3.05) is 6.54 Å². The zero-order valence-corrected chi connectivity index (χ0v) is 14.4. The van der Waals surface area contributed by atoms with Gasteiger partial charge in [-0.1, -0.05) is 17.7 Å². The molecule has 2 aromatic carbocycles. The number of fused-ring (bicyclic) bond motifs is 1. The first-order chi connectivity index (χ1) is 12.5. The maximum Gasteiger partial charge on any atom is 0.350 e. The highest BCUT2D eigenvalue weighted by Crippen LogP contribution is 2.17. The Bertz CT molecular complexity index is 1040. The number of aromatic nitrogens is 3. The molecule has 0 aliphatic carbocycles. The minimum atomic E-state index is -0.385. The molecule has 3 aromatic rings. The number of carbonyl (C=O) groups is 1. The second-order valence-electron chi connectivity index (χ2n) is 5.98. The van der Waals surface area contributed by atoms with Gasteiger partial charge in [-0.05, 0) is 42.5 Å². The summed E-state index contributed by atoms with van der Waals surface area (Å²) in [7, 11) is 0. The quantitative estimate of drug-likeness (QED) is 0.694. The normalized spacial score (nSPS) is 13.5. The number of nitrogens with zero attached hydrogens (tertiary/aromatic N) is 4. The smallest absolute Gasteiger partial charge is 0.329 e. The van der Waals surface area contributed by atoms with Crippen LogP contribution < -0.4 is 5.69 Å². The van der Waals surface area contributed by atoms with E-state index in [2.05, 4.69) is 5.10 Å². The van der Waals surface area contributed by atoms with Crippen LogP contribution in [0, 0.1) is 5.82 Å². The van der Waals surface area contributed by atoms with E-state index in [4.69, 9.17) is 11.6 Å². The standard InChI is InChI=1S/C18H14ClFN4O2/c19-13-3-1-2-12(10-13)17(25)22-8-9-23-16(11-22)21-24(18(23)26)15-6-4-14(20)5-7-15/h1-7,10H,8-9,11H2. The molecular formula is C18H14ClFN4O2. The lowest BCUT2D eigenvalue weighted by atomic mass is 10.2. The van der Waals surface area contributed by atoms with Crippen LogP contribution in [0.4, 0.5) is 4.39 Å². The molecule has 0 radical (unpaired) electrons. The Kier molecular flexibility index (Phi) is 4.08. The SMILES string of the molecule is O=C(c1cccc(Cl)c1)N1CCn2c(nn(-c3ccc(F)cc3)c2=O)C1. The average molecular weight is 373 g/mol. The van der Waals surface area contributed by atoms with E-state index in [1.54, 1.807) is 29.2 Å². The Balaban J connectivity index is 1.63. The van der Waals surface area contributed by atoms with Crippen LogP contribution in [0.1, 0.15) is 16.2 Å². The molecular weight excluding hydrogens is 359 g/mol. The van der Waals surface area contributed by atoms with Crippen molar-refractivity contribution in [1.29, 1.82) is 0 Å². The Labute approximate surface area is 153 Å². The highest BCUT2D eigenvalue weighted by Gasteiger charge is 2.26. The van der Waals surface area contributed by atoms with Crippen molar-refractivity contribution < 1.29 is 9.18 Å². The molecule has 0 bridgehead atoms. The molecule has 0 atom stereocenters. The van der Waals surface area contributed by atoms with Crippen LogP contribution in [0.5, 0.6) is 0 Å². The molecule has 0 saturated carbocycles. The zero-order valence-electron chi connectivity index (χ0n) is 13.6. The van der Waals surface area contributed by atoms with Crippen molar-refractivity contribution in [2.24, 2.45) is 0 Å². The number of halogens is 2. The van der Waals surface area contributed by atoms with Crippen LogP contribution in [0.2, 0.25) is 5.02 Å². The third-order valence-electron chi connectivity index (χ3n) is 4.29. The average Bonchev–Trinajstić information content (AvgIpc) is 2.98. The fourth-order valence-corrected chi connectivity index (χ4v) is 3.17. The topological polar surface area (TPSA) is 60.1 Å². The van der Waals surface area contributed by atoms with Crippen molar-refractivity contribution in [2.45, 2.75) is 13.1 Å². The highest BCUT2D eigenvalue weighted by molar-refractivity contribution is 6.30. The van der Waals surface area contributed by atoms with E-state index in [1.807, 2.05) is 0 Å². The van der Waals surface area contributed by atoms with Gasteiger partial charge in [-0.25, -0.2) is 9.18 Å². The largest absolute Gasteiger partial charge is 0.350 e. The molecule has 8 heteroatoms. The zero-order chi connectivity index (χ0) is 18.3. The monoisotopic (exact) mass is 372 g/mol. The van der Waals surface area contributed by atoms with Gasteiger partial charge in [0.1, 0.15) is 5.82 Å². The summed E-state index contributed by atoms with van der Waals surface area (Å²) >= 11 is 5.95. The van der Waals surface area contributed by atoms with Gasteiger partial charge in [-0.3, -0.25) is 9.36 Å². The van der Waals surface area contributed by atoms with Crippen molar-refractivity contribution >= 4 is 17.5 Å². The van der Waals surface area contributed by atoms with Crippen LogP contribution in [0.25, 0.3) is 5.69 Å². The lowest BCUT2D eigenvalue weighted by molar-refractivity contribution is 0.0706. The number of hydrogen-bond acceptors (Lipinski definition) is 3. The second kappa shape index (κ2) is 6.42. The fraction of sp³-hybridized carbons (Fsp3) is 0.167. The van der Waals surface area contributed by atoms with Gasteiger partial charge in [0.2, 0.25) is 0 Å². The molecule has 0 N–H and O–H groups in total. The van der Waals surface area contributed by atoms with Crippen molar-refractivity contribution in [3.63, 3.8) is 0 Å². The number of amides is 1. The van der Waals surface area contributed by atoms with Gasteiger partial charge in [-0.2, -0.15) is 4.68 Å². The summed E-state index contributed by atoms with van der Waals surface area (Å²) in [6.45, 7) is 0.962. The van der Waals surface area contributed by atoms with Crippen molar-refractivity contribution in [1.82, 2.24) is 19.2 Å². The third-order valence-corrected chi connectivity index (χ3v) is 4.53. The Morgan fingerprint density at radius 2 is 1.88 bits per heavy atom. The van der Waals surface area contributed by atoms with Crippen molar-refractivity contribution in [3.05, 3.63) is 81.2 Å². The predicted molar refractivity (Wildman–Crippen MR) is 94.0 cm³/mol. The van der Waals surface area contributed by atoms with E-state index in [0.29, 0.717) is 35.2 Å². The first kappa shape index (κ1) is 16.5. The molecule has 4 rings (SSSR count). The predicted octanol–water partition coefficient (Wildman–Crippen LogP) is 2.48. The van der Waals surface area contributed by atoms with Gasteiger partial charge in [0, 0.05) is 23.7 Å². The van der Waals surface area contributed by atoms with Gasteiger partial charge in [0.15, 0.2) is 5.82 Å². The van der Waals surface area contributed by atoms with E-state index in [0.717, 1.165) is 0 Å². The molecule has 0 spiro atoms. The van der Waals surface area contributed by atoms with Gasteiger partial charge < -0.3 is 4.90 Å². The lowest BCUT2D eigenvalue weighted by Gasteiger charge is -2.26.